The van der Waals surface area contributed by atoms with Crippen molar-refractivity contribution < 1.29 is 25.2 Å². The fraction of sp³-hybridized carbons (Fsp3) is 0.250. The Balaban J connectivity index is 3.25. The van der Waals surface area contributed by atoms with E-state index in [0.29, 0.717) is 6.42 Å². The number of aromatic hydroxyl groups is 3. The van der Waals surface area contributed by atoms with Gasteiger partial charge in [-0.15, -0.1) is 6.58 Å². The monoisotopic (exact) mass is 238 g/mol. The molecular weight excluding hydrogens is 224 g/mol. The van der Waals surface area contributed by atoms with Gasteiger partial charge in [0.05, 0.1) is 0 Å². The maximum Gasteiger partial charge on any atom is 0.343 e. The Hall–Kier alpha value is -2.17. The second kappa shape index (κ2) is 4.78. The summed E-state index contributed by atoms with van der Waals surface area (Å²) in [5.74, 6) is -3.04. The summed E-state index contributed by atoms with van der Waals surface area (Å²) < 4.78 is 0. The third-order valence-corrected chi connectivity index (χ3v) is 2.38. The molecule has 0 saturated carbocycles. The van der Waals surface area contributed by atoms with Crippen LogP contribution in [0.2, 0.25) is 0 Å². The standard InChI is InChI=1S/C12H14O5/c1-6(2)3-4-7-8(13)5-9(14)10(11(7)15)12(16)17/h5,13-15H,1,3-4H2,2H3,(H,16,17). The van der Waals surface area contributed by atoms with Crippen molar-refractivity contribution in [1.82, 2.24) is 0 Å². The molecule has 0 spiro atoms. The summed E-state index contributed by atoms with van der Waals surface area (Å²) >= 11 is 0. The van der Waals surface area contributed by atoms with Gasteiger partial charge in [0, 0.05) is 11.6 Å². The molecule has 0 amide bonds. The van der Waals surface area contributed by atoms with Crippen LogP contribution < -0.4 is 0 Å². The lowest BCUT2D eigenvalue weighted by atomic mass is 10.0. The summed E-state index contributed by atoms with van der Waals surface area (Å²) in [4.78, 5) is 10.8. The first-order valence-corrected chi connectivity index (χ1v) is 4.99. The summed E-state index contributed by atoms with van der Waals surface area (Å²) in [6.45, 7) is 5.46. The summed E-state index contributed by atoms with van der Waals surface area (Å²) in [6.07, 6.45) is 0.762. The molecule has 1 aromatic carbocycles. The van der Waals surface area contributed by atoms with E-state index in [2.05, 4.69) is 6.58 Å². The Morgan fingerprint density at radius 2 is 1.88 bits per heavy atom. The van der Waals surface area contributed by atoms with Crippen LogP contribution in [0.3, 0.4) is 0 Å². The van der Waals surface area contributed by atoms with Crippen LogP contribution in [0.1, 0.15) is 29.3 Å². The van der Waals surface area contributed by atoms with Gasteiger partial charge in [0.25, 0.3) is 0 Å². The third kappa shape index (κ3) is 2.69. The second-order valence-electron chi connectivity index (χ2n) is 3.88. The molecule has 0 aliphatic heterocycles. The normalized spacial score (nSPS) is 10.2. The van der Waals surface area contributed by atoms with Gasteiger partial charge in [-0.1, -0.05) is 5.57 Å². The Morgan fingerprint density at radius 3 is 2.35 bits per heavy atom. The smallest absolute Gasteiger partial charge is 0.343 e. The molecule has 0 radical (unpaired) electrons. The van der Waals surface area contributed by atoms with Crippen LogP contribution in [0.5, 0.6) is 17.2 Å². The first kappa shape index (κ1) is 12.9. The van der Waals surface area contributed by atoms with Gasteiger partial charge in [0.2, 0.25) is 0 Å². The van der Waals surface area contributed by atoms with Crippen LogP contribution in [0, 0.1) is 0 Å². The van der Waals surface area contributed by atoms with E-state index in [0.717, 1.165) is 11.6 Å². The quantitative estimate of drug-likeness (QED) is 0.601. The molecule has 0 bridgehead atoms. The van der Waals surface area contributed by atoms with Gasteiger partial charge in [-0.25, -0.2) is 4.79 Å². The van der Waals surface area contributed by atoms with Crippen molar-refractivity contribution in [2.75, 3.05) is 0 Å². The minimum atomic E-state index is -1.45. The lowest BCUT2D eigenvalue weighted by Gasteiger charge is -2.11. The zero-order valence-electron chi connectivity index (χ0n) is 9.40. The number of carboxylic acids is 1. The van der Waals surface area contributed by atoms with Crippen molar-refractivity contribution in [2.24, 2.45) is 0 Å². The first-order valence-electron chi connectivity index (χ1n) is 4.99. The Kier molecular flexibility index (Phi) is 3.62. The van der Waals surface area contributed by atoms with Crippen molar-refractivity contribution in [2.45, 2.75) is 19.8 Å². The molecule has 5 nitrogen and oxygen atoms in total. The van der Waals surface area contributed by atoms with Crippen LogP contribution in [0.15, 0.2) is 18.2 Å². The molecule has 0 aromatic heterocycles. The van der Waals surface area contributed by atoms with Crippen LogP contribution >= 0.6 is 0 Å². The van der Waals surface area contributed by atoms with E-state index in [9.17, 15) is 20.1 Å². The Labute approximate surface area is 98.3 Å². The zero-order chi connectivity index (χ0) is 13.2. The number of allylic oxidation sites excluding steroid dienone is 1. The molecular formula is C12H14O5. The number of hydrogen-bond donors (Lipinski definition) is 4. The molecule has 0 heterocycles. The number of hydrogen-bond acceptors (Lipinski definition) is 4. The topological polar surface area (TPSA) is 98.0 Å². The van der Waals surface area contributed by atoms with E-state index in [4.69, 9.17) is 5.11 Å². The second-order valence-corrected chi connectivity index (χ2v) is 3.88. The molecule has 17 heavy (non-hydrogen) atoms. The number of phenolic OH excluding ortho intramolecular Hbond substituents is 1. The maximum atomic E-state index is 10.8. The fourth-order valence-corrected chi connectivity index (χ4v) is 1.48. The van der Waals surface area contributed by atoms with Crippen LogP contribution in [0.25, 0.3) is 0 Å². The van der Waals surface area contributed by atoms with Crippen molar-refractivity contribution >= 4 is 5.97 Å². The minimum Gasteiger partial charge on any atom is -0.507 e. The first-order chi connectivity index (χ1) is 7.84. The van der Waals surface area contributed by atoms with Gasteiger partial charge < -0.3 is 20.4 Å². The van der Waals surface area contributed by atoms with Crippen LogP contribution in [-0.4, -0.2) is 26.4 Å². The van der Waals surface area contributed by atoms with E-state index < -0.39 is 23.0 Å². The van der Waals surface area contributed by atoms with Gasteiger partial charge in [-0.2, -0.15) is 0 Å². The van der Waals surface area contributed by atoms with E-state index >= 15 is 0 Å². The van der Waals surface area contributed by atoms with Gasteiger partial charge >= 0.3 is 5.97 Å². The van der Waals surface area contributed by atoms with Crippen molar-refractivity contribution in [3.8, 4) is 17.2 Å². The van der Waals surface area contributed by atoms with Crippen molar-refractivity contribution in [3.05, 3.63) is 29.3 Å². The number of carboxylic acid groups (broad SMARTS) is 1. The highest BCUT2D eigenvalue weighted by atomic mass is 16.4. The highest BCUT2D eigenvalue weighted by Crippen LogP contribution is 2.38. The van der Waals surface area contributed by atoms with E-state index in [1.165, 1.54) is 0 Å². The molecule has 0 fully saturated rings. The SMILES string of the molecule is C=C(C)CCc1c(O)cc(O)c(C(=O)O)c1O. The van der Waals surface area contributed by atoms with Gasteiger partial charge in [-0.05, 0) is 19.8 Å². The number of phenols is 3. The lowest BCUT2D eigenvalue weighted by Crippen LogP contribution is -2.00. The van der Waals surface area contributed by atoms with E-state index in [1.807, 2.05) is 0 Å². The highest BCUT2D eigenvalue weighted by Gasteiger charge is 2.21. The van der Waals surface area contributed by atoms with E-state index in [1.54, 1.807) is 6.92 Å². The lowest BCUT2D eigenvalue weighted by molar-refractivity contribution is 0.0690. The molecule has 0 aliphatic rings. The van der Waals surface area contributed by atoms with Crippen LogP contribution in [-0.2, 0) is 6.42 Å². The number of carbonyl (C=O) groups is 1. The summed E-state index contributed by atoms with van der Waals surface area (Å²) in [7, 11) is 0. The van der Waals surface area contributed by atoms with Gasteiger partial charge in [0.15, 0.2) is 0 Å². The molecule has 0 unspecified atom stereocenters. The predicted octanol–water partition coefficient (Wildman–Crippen LogP) is 2.01. The number of aromatic carboxylic acids is 1. The predicted molar refractivity (Wildman–Crippen MR) is 61.5 cm³/mol. The zero-order valence-corrected chi connectivity index (χ0v) is 9.40. The molecule has 0 aliphatic carbocycles. The summed E-state index contributed by atoms with van der Waals surface area (Å²) in [6, 6.07) is 0.914. The molecule has 0 atom stereocenters. The average molecular weight is 238 g/mol. The highest BCUT2D eigenvalue weighted by molar-refractivity contribution is 5.95. The number of rotatable bonds is 4. The molecule has 5 heteroatoms. The largest absolute Gasteiger partial charge is 0.507 e. The summed E-state index contributed by atoms with van der Waals surface area (Å²) in [5.41, 5.74) is 0.344. The van der Waals surface area contributed by atoms with Crippen molar-refractivity contribution in [1.29, 1.82) is 0 Å². The van der Waals surface area contributed by atoms with Crippen LogP contribution in [0.4, 0.5) is 0 Å². The minimum absolute atomic E-state index is 0.100. The molecule has 1 aromatic rings. The maximum absolute atomic E-state index is 10.8. The van der Waals surface area contributed by atoms with Gasteiger partial charge in [-0.3, -0.25) is 0 Å². The third-order valence-electron chi connectivity index (χ3n) is 2.38. The Bertz CT molecular complexity index is 476. The van der Waals surface area contributed by atoms with Crippen molar-refractivity contribution in [3.63, 3.8) is 0 Å². The molecule has 1 rings (SSSR count). The Morgan fingerprint density at radius 1 is 1.29 bits per heavy atom. The molecule has 92 valence electrons. The van der Waals surface area contributed by atoms with E-state index in [-0.39, 0.29) is 17.7 Å². The fourth-order valence-electron chi connectivity index (χ4n) is 1.48. The van der Waals surface area contributed by atoms with Gasteiger partial charge in [0.1, 0.15) is 22.8 Å². The number of benzene rings is 1. The average Bonchev–Trinajstić information content (AvgIpc) is 2.14. The summed E-state index contributed by atoms with van der Waals surface area (Å²) in [5, 5.41) is 37.4. The molecule has 4 N–H and O–H groups in total. The molecule has 0 saturated heterocycles.